The fraction of sp³-hybridized carbons (Fsp3) is 0.500. The van der Waals surface area contributed by atoms with Crippen molar-refractivity contribution in [2.75, 3.05) is 13.7 Å². The van der Waals surface area contributed by atoms with E-state index in [-0.39, 0.29) is 18.4 Å². The van der Waals surface area contributed by atoms with Crippen LogP contribution in [0, 0.1) is 19.8 Å². The highest BCUT2D eigenvalue weighted by Crippen LogP contribution is 2.16. The number of carbonyl (C=O) groups is 2. The predicted octanol–water partition coefficient (Wildman–Crippen LogP) is 2.00. The van der Waals surface area contributed by atoms with Gasteiger partial charge in [0.25, 0.3) is 5.91 Å². The Bertz CT molecular complexity index is 491. The first-order valence-corrected chi connectivity index (χ1v) is 6.91. The summed E-state index contributed by atoms with van der Waals surface area (Å²) in [5, 5.41) is 2.63. The van der Waals surface area contributed by atoms with Gasteiger partial charge in [-0.15, -0.1) is 0 Å². The van der Waals surface area contributed by atoms with Crippen LogP contribution in [0.5, 0.6) is 5.75 Å². The Morgan fingerprint density at radius 3 is 2.19 bits per heavy atom. The molecule has 1 amide bonds. The van der Waals surface area contributed by atoms with Gasteiger partial charge < -0.3 is 14.8 Å². The molecular formula is C16H23NO4. The summed E-state index contributed by atoms with van der Waals surface area (Å²) in [6.45, 7) is 7.47. The monoisotopic (exact) mass is 293 g/mol. The standard InChI is InChI=1S/C16H23NO4/c1-10(2)15(16(19)20-5)17-14(18)9-21-13-7-11(3)6-12(4)8-13/h6-8,10,15H,9H2,1-5H3,(H,17,18). The second kappa shape index (κ2) is 7.67. The topological polar surface area (TPSA) is 64.6 Å². The smallest absolute Gasteiger partial charge is 0.328 e. The number of amides is 1. The molecule has 0 heterocycles. The van der Waals surface area contributed by atoms with Gasteiger partial charge in [-0.1, -0.05) is 19.9 Å². The molecule has 5 nitrogen and oxygen atoms in total. The van der Waals surface area contributed by atoms with E-state index in [0.29, 0.717) is 5.75 Å². The van der Waals surface area contributed by atoms with Crippen molar-refractivity contribution in [1.82, 2.24) is 5.32 Å². The quantitative estimate of drug-likeness (QED) is 0.815. The zero-order valence-corrected chi connectivity index (χ0v) is 13.2. The summed E-state index contributed by atoms with van der Waals surface area (Å²) in [5.41, 5.74) is 2.14. The van der Waals surface area contributed by atoms with Gasteiger partial charge in [0.05, 0.1) is 7.11 Å². The molecule has 0 aliphatic carbocycles. The van der Waals surface area contributed by atoms with Crippen molar-refractivity contribution in [2.24, 2.45) is 5.92 Å². The van der Waals surface area contributed by atoms with Crippen LogP contribution >= 0.6 is 0 Å². The highest BCUT2D eigenvalue weighted by atomic mass is 16.5. The second-order valence-corrected chi connectivity index (χ2v) is 5.42. The van der Waals surface area contributed by atoms with Gasteiger partial charge in [0.15, 0.2) is 6.61 Å². The predicted molar refractivity (Wildman–Crippen MR) is 80.2 cm³/mol. The van der Waals surface area contributed by atoms with Gasteiger partial charge in [-0.2, -0.15) is 0 Å². The number of carbonyl (C=O) groups excluding carboxylic acids is 2. The lowest BCUT2D eigenvalue weighted by molar-refractivity contribution is -0.146. The second-order valence-electron chi connectivity index (χ2n) is 5.42. The average molecular weight is 293 g/mol. The van der Waals surface area contributed by atoms with Gasteiger partial charge in [-0.25, -0.2) is 4.79 Å². The van der Waals surface area contributed by atoms with Gasteiger partial charge in [-0.3, -0.25) is 4.79 Å². The van der Waals surface area contributed by atoms with Crippen LogP contribution in [0.1, 0.15) is 25.0 Å². The van der Waals surface area contributed by atoms with Gasteiger partial charge in [0.1, 0.15) is 11.8 Å². The van der Waals surface area contributed by atoms with E-state index in [1.807, 2.05) is 45.9 Å². The number of benzene rings is 1. The van der Waals surface area contributed by atoms with Crippen molar-refractivity contribution in [2.45, 2.75) is 33.7 Å². The molecule has 0 saturated carbocycles. The van der Waals surface area contributed by atoms with Crippen molar-refractivity contribution in [3.05, 3.63) is 29.3 Å². The number of esters is 1. The zero-order valence-electron chi connectivity index (χ0n) is 13.2. The molecule has 0 radical (unpaired) electrons. The van der Waals surface area contributed by atoms with Crippen LogP contribution in [0.4, 0.5) is 0 Å². The molecule has 1 aromatic rings. The molecule has 116 valence electrons. The first-order chi connectivity index (χ1) is 9.83. The van der Waals surface area contributed by atoms with E-state index < -0.39 is 12.0 Å². The number of methoxy groups -OCH3 is 1. The summed E-state index contributed by atoms with van der Waals surface area (Å²) in [7, 11) is 1.30. The number of ether oxygens (including phenoxy) is 2. The number of hydrogen-bond acceptors (Lipinski definition) is 4. The minimum Gasteiger partial charge on any atom is -0.484 e. The molecule has 0 saturated heterocycles. The molecule has 21 heavy (non-hydrogen) atoms. The molecule has 1 aromatic carbocycles. The Morgan fingerprint density at radius 1 is 1.14 bits per heavy atom. The minimum atomic E-state index is -0.662. The first kappa shape index (κ1) is 17.0. The summed E-state index contributed by atoms with van der Waals surface area (Å²) in [4.78, 5) is 23.5. The van der Waals surface area contributed by atoms with E-state index >= 15 is 0 Å². The van der Waals surface area contributed by atoms with Gasteiger partial charge in [0.2, 0.25) is 0 Å². The van der Waals surface area contributed by atoms with E-state index in [1.165, 1.54) is 7.11 Å². The molecule has 0 aliphatic heterocycles. The molecule has 1 rings (SSSR count). The molecule has 0 fully saturated rings. The number of rotatable bonds is 6. The molecule has 5 heteroatoms. The Labute approximate surface area is 125 Å². The Morgan fingerprint density at radius 2 is 1.71 bits per heavy atom. The fourth-order valence-electron chi connectivity index (χ4n) is 2.00. The zero-order chi connectivity index (χ0) is 16.0. The van der Waals surface area contributed by atoms with Gasteiger partial charge >= 0.3 is 5.97 Å². The lowest BCUT2D eigenvalue weighted by Gasteiger charge is -2.19. The summed E-state index contributed by atoms with van der Waals surface area (Å²) < 4.78 is 10.1. The normalized spacial score (nSPS) is 11.9. The lowest BCUT2D eigenvalue weighted by atomic mass is 10.0. The molecule has 1 atom stereocenters. The molecule has 0 aliphatic rings. The minimum absolute atomic E-state index is 0.0531. The Kier molecular flexibility index (Phi) is 6.21. The van der Waals surface area contributed by atoms with E-state index in [2.05, 4.69) is 10.1 Å². The molecule has 0 bridgehead atoms. The Balaban J connectivity index is 2.58. The summed E-state index contributed by atoms with van der Waals surface area (Å²) >= 11 is 0. The van der Waals surface area contributed by atoms with Crippen molar-refractivity contribution < 1.29 is 19.1 Å². The Hall–Kier alpha value is -2.04. The third-order valence-electron chi connectivity index (χ3n) is 3.00. The fourth-order valence-corrected chi connectivity index (χ4v) is 2.00. The van der Waals surface area contributed by atoms with Crippen LogP contribution in [0.3, 0.4) is 0 Å². The summed E-state index contributed by atoms with van der Waals surface area (Å²) in [6.07, 6.45) is 0. The third kappa shape index (κ3) is 5.45. The van der Waals surface area contributed by atoms with Crippen LogP contribution in [0.25, 0.3) is 0 Å². The van der Waals surface area contributed by atoms with E-state index in [4.69, 9.17) is 4.74 Å². The van der Waals surface area contributed by atoms with Crippen molar-refractivity contribution in [3.8, 4) is 5.75 Å². The van der Waals surface area contributed by atoms with E-state index in [9.17, 15) is 9.59 Å². The van der Waals surface area contributed by atoms with Crippen molar-refractivity contribution in [3.63, 3.8) is 0 Å². The van der Waals surface area contributed by atoms with E-state index in [1.54, 1.807) is 0 Å². The average Bonchev–Trinajstić information content (AvgIpc) is 2.40. The van der Waals surface area contributed by atoms with Gasteiger partial charge in [0, 0.05) is 0 Å². The van der Waals surface area contributed by atoms with Crippen molar-refractivity contribution >= 4 is 11.9 Å². The highest BCUT2D eigenvalue weighted by molar-refractivity contribution is 5.85. The van der Waals surface area contributed by atoms with Crippen LogP contribution < -0.4 is 10.1 Å². The van der Waals surface area contributed by atoms with E-state index in [0.717, 1.165) is 11.1 Å². The highest BCUT2D eigenvalue weighted by Gasteiger charge is 2.24. The van der Waals surface area contributed by atoms with Crippen LogP contribution in [-0.2, 0) is 14.3 Å². The maximum absolute atomic E-state index is 11.9. The maximum atomic E-state index is 11.9. The lowest BCUT2D eigenvalue weighted by Crippen LogP contribution is -2.46. The van der Waals surface area contributed by atoms with Crippen LogP contribution in [0.15, 0.2) is 18.2 Å². The number of aryl methyl sites for hydroxylation is 2. The molecule has 1 N–H and O–H groups in total. The largest absolute Gasteiger partial charge is 0.484 e. The maximum Gasteiger partial charge on any atom is 0.328 e. The summed E-state index contributed by atoms with van der Waals surface area (Å²) in [6, 6.07) is 5.09. The third-order valence-corrected chi connectivity index (χ3v) is 3.00. The van der Waals surface area contributed by atoms with Crippen LogP contribution in [-0.4, -0.2) is 31.6 Å². The molecule has 0 spiro atoms. The van der Waals surface area contributed by atoms with Gasteiger partial charge in [-0.05, 0) is 43.0 Å². The molecular weight excluding hydrogens is 270 g/mol. The van der Waals surface area contributed by atoms with Crippen LogP contribution in [0.2, 0.25) is 0 Å². The number of hydrogen-bond donors (Lipinski definition) is 1. The SMILES string of the molecule is COC(=O)C(NC(=O)COc1cc(C)cc(C)c1)C(C)C. The molecule has 1 unspecified atom stereocenters. The molecule has 0 aromatic heterocycles. The van der Waals surface area contributed by atoms with Crippen molar-refractivity contribution in [1.29, 1.82) is 0 Å². The first-order valence-electron chi connectivity index (χ1n) is 6.91. The summed E-state index contributed by atoms with van der Waals surface area (Å²) in [5.74, 6) is -0.215. The number of nitrogens with one attached hydrogen (secondary N) is 1.